The highest BCUT2D eigenvalue weighted by Crippen LogP contribution is 2.38. The molecule has 0 spiro atoms. The van der Waals surface area contributed by atoms with Gasteiger partial charge in [-0.2, -0.15) is 24.2 Å². The lowest BCUT2D eigenvalue weighted by molar-refractivity contribution is -0.0489. The Morgan fingerprint density at radius 2 is 1.93 bits per heavy atom. The molecular weight excluding hydrogens is 601 g/mol. The Bertz CT molecular complexity index is 1680. The molecule has 0 amide bonds. The van der Waals surface area contributed by atoms with Crippen molar-refractivity contribution < 1.29 is 27.8 Å². The van der Waals surface area contributed by atoms with Crippen LogP contribution in [0.4, 0.5) is 13.2 Å². The van der Waals surface area contributed by atoms with Gasteiger partial charge in [0.15, 0.2) is 29.3 Å². The summed E-state index contributed by atoms with van der Waals surface area (Å²) < 4.78 is 54.0. The molecular formula is C32H39F3N8O3. The van der Waals surface area contributed by atoms with Gasteiger partial charge in [-0.15, -0.1) is 0 Å². The number of nitrogens with zero attached hydrogens (tertiary/aromatic N) is 7. The van der Waals surface area contributed by atoms with Crippen LogP contribution in [0.5, 0.6) is 11.5 Å². The SMILES string of the molecule is C=C(CC(C)C(C)NC#N)N1CCn2nc(-c3cc(OC(CO)c4ccc(F)cn4)c4c(OC(F)F)cnn4c3)c(C)c2C1.CC. The zero-order chi connectivity index (χ0) is 33.5. The van der Waals surface area contributed by atoms with Gasteiger partial charge in [0.1, 0.15) is 5.82 Å². The Morgan fingerprint density at radius 1 is 1.17 bits per heavy atom. The summed E-state index contributed by atoms with van der Waals surface area (Å²) >= 11 is 0. The number of alkyl halides is 2. The number of pyridine rings is 2. The van der Waals surface area contributed by atoms with Crippen LogP contribution in [0.2, 0.25) is 0 Å². The van der Waals surface area contributed by atoms with Gasteiger partial charge >= 0.3 is 6.61 Å². The van der Waals surface area contributed by atoms with Crippen LogP contribution in [0.1, 0.15) is 57.2 Å². The van der Waals surface area contributed by atoms with Gasteiger partial charge in [0.25, 0.3) is 0 Å². The second-order valence-electron chi connectivity index (χ2n) is 10.8. The lowest BCUT2D eigenvalue weighted by Crippen LogP contribution is -2.35. The van der Waals surface area contributed by atoms with Gasteiger partial charge in [-0.05, 0) is 44.4 Å². The van der Waals surface area contributed by atoms with E-state index in [1.165, 1.54) is 16.6 Å². The van der Waals surface area contributed by atoms with E-state index < -0.39 is 25.1 Å². The molecule has 1 aliphatic rings. The van der Waals surface area contributed by atoms with Crippen LogP contribution in [0.15, 0.2) is 49.1 Å². The highest BCUT2D eigenvalue weighted by molar-refractivity contribution is 5.75. The van der Waals surface area contributed by atoms with Crippen molar-refractivity contribution in [1.82, 2.24) is 34.6 Å². The molecule has 246 valence electrons. The van der Waals surface area contributed by atoms with Gasteiger partial charge in [-0.1, -0.05) is 27.4 Å². The number of fused-ring (bicyclic) bond motifs is 2. The second kappa shape index (κ2) is 15.0. The predicted molar refractivity (Wildman–Crippen MR) is 165 cm³/mol. The fraction of sp³-hybridized carbons (Fsp3) is 0.438. The van der Waals surface area contributed by atoms with Crippen molar-refractivity contribution in [1.29, 1.82) is 5.26 Å². The molecule has 5 heterocycles. The third-order valence-corrected chi connectivity index (χ3v) is 7.94. The van der Waals surface area contributed by atoms with Crippen molar-refractivity contribution in [3.8, 4) is 28.9 Å². The number of nitrogens with one attached hydrogen (secondary N) is 1. The maximum Gasteiger partial charge on any atom is 0.387 e. The zero-order valence-corrected chi connectivity index (χ0v) is 26.5. The van der Waals surface area contributed by atoms with Crippen LogP contribution >= 0.6 is 0 Å². The summed E-state index contributed by atoms with van der Waals surface area (Å²) in [4.78, 5) is 6.21. The van der Waals surface area contributed by atoms with Crippen LogP contribution in [0, 0.1) is 30.1 Å². The first kappa shape index (κ1) is 34.1. The molecule has 4 aromatic rings. The quantitative estimate of drug-likeness (QED) is 0.150. The van der Waals surface area contributed by atoms with E-state index in [-0.39, 0.29) is 34.7 Å². The maximum absolute atomic E-state index is 13.5. The summed E-state index contributed by atoms with van der Waals surface area (Å²) in [5.41, 5.74) is 4.49. The fourth-order valence-corrected chi connectivity index (χ4v) is 5.29. The number of ether oxygens (including phenoxy) is 2. The minimum atomic E-state index is -3.10. The highest BCUT2D eigenvalue weighted by atomic mass is 19.3. The standard InChI is InChI=1S/C30H33F3N8O3.C2H6/c1-17(20(4)36-16-34)9-18(2)39-7-8-40-24(14-39)19(3)28(38-40)21-10-25(29-26(44-30(32)33)12-37-41(29)13-21)43-27(15-42)23-6-5-22(31)11-35-23;1-2/h5-6,10-13,17,20,27,30,36,42H,2,7-9,14-15H2,1,3-4H3;1-2H3. The van der Waals surface area contributed by atoms with Gasteiger partial charge in [0.2, 0.25) is 0 Å². The molecule has 0 aromatic carbocycles. The normalized spacial score (nSPS) is 14.5. The van der Waals surface area contributed by atoms with E-state index in [1.54, 1.807) is 12.3 Å². The minimum absolute atomic E-state index is 0.0184. The maximum atomic E-state index is 13.5. The molecule has 0 radical (unpaired) electrons. The van der Waals surface area contributed by atoms with Gasteiger partial charge in [-0.3, -0.25) is 9.67 Å². The van der Waals surface area contributed by atoms with Crippen molar-refractivity contribution in [2.45, 2.75) is 72.9 Å². The predicted octanol–water partition coefficient (Wildman–Crippen LogP) is 5.60. The molecule has 5 rings (SSSR count). The monoisotopic (exact) mass is 640 g/mol. The number of allylic oxidation sites excluding steroid dienone is 1. The van der Waals surface area contributed by atoms with Crippen LogP contribution in [0.25, 0.3) is 16.8 Å². The summed E-state index contributed by atoms with van der Waals surface area (Å²) in [6.45, 7) is 12.6. The molecule has 14 heteroatoms. The smallest absolute Gasteiger partial charge is 0.387 e. The molecule has 0 saturated carbocycles. The Morgan fingerprint density at radius 3 is 2.59 bits per heavy atom. The van der Waals surface area contributed by atoms with Crippen LogP contribution in [-0.4, -0.2) is 60.2 Å². The van der Waals surface area contributed by atoms with E-state index in [2.05, 4.69) is 33.8 Å². The largest absolute Gasteiger partial charge is 0.479 e. The molecule has 1 aliphatic heterocycles. The molecule has 11 nitrogen and oxygen atoms in total. The number of aliphatic hydroxyl groups is 1. The zero-order valence-electron chi connectivity index (χ0n) is 26.5. The summed E-state index contributed by atoms with van der Waals surface area (Å²) in [6.07, 6.45) is 5.49. The molecule has 0 fully saturated rings. The first-order chi connectivity index (χ1) is 22.1. The van der Waals surface area contributed by atoms with E-state index >= 15 is 0 Å². The van der Waals surface area contributed by atoms with E-state index in [0.717, 1.165) is 35.8 Å². The third-order valence-electron chi connectivity index (χ3n) is 7.94. The molecule has 0 aliphatic carbocycles. The summed E-state index contributed by atoms with van der Waals surface area (Å²) in [6, 6.07) is 4.21. The van der Waals surface area contributed by atoms with Crippen molar-refractivity contribution >= 4 is 5.52 Å². The lowest BCUT2D eigenvalue weighted by atomic mass is 9.97. The van der Waals surface area contributed by atoms with Gasteiger partial charge in [-0.25, -0.2) is 8.91 Å². The first-order valence-corrected chi connectivity index (χ1v) is 15.1. The Labute approximate surface area is 265 Å². The van der Waals surface area contributed by atoms with Gasteiger partial charge in [0.05, 0.1) is 49.2 Å². The number of aromatic nitrogens is 5. The van der Waals surface area contributed by atoms with Crippen molar-refractivity contribution in [3.05, 3.63) is 71.8 Å². The second-order valence-corrected chi connectivity index (χ2v) is 10.8. The fourth-order valence-electron chi connectivity index (χ4n) is 5.29. The molecule has 46 heavy (non-hydrogen) atoms. The van der Waals surface area contributed by atoms with E-state index in [4.69, 9.17) is 19.8 Å². The summed E-state index contributed by atoms with van der Waals surface area (Å²) in [7, 11) is 0. The Kier molecular flexibility index (Phi) is 11.1. The first-order valence-electron chi connectivity index (χ1n) is 15.1. The molecule has 2 N–H and O–H groups in total. The molecule has 0 saturated heterocycles. The van der Waals surface area contributed by atoms with Gasteiger partial charge in [0, 0.05) is 35.6 Å². The summed E-state index contributed by atoms with van der Waals surface area (Å²) in [5.74, 6) is -0.472. The van der Waals surface area contributed by atoms with Crippen molar-refractivity contribution in [2.24, 2.45) is 5.92 Å². The lowest BCUT2D eigenvalue weighted by Gasteiger charge is -2.33. The topological polar surface area (TPSA) is 126 Å². The number of aliphatic hydroxyl groups excluding tert-OH is 1. The number of hydrogen-bond donors (Lipinski definition) is 2. The number of halogens is 3. The number of hydrogen-bond acceptors (Lipinski definition) is 9. The molecule has 0 bridgehead atoms. The minimum Gasteiger partial charge on any atom is -0.479 e. The van der Waals surface area contributed by atoms with Gasteiger partial charge < -0.3 is 24.8 Å². The van der Waals surface area contributed by atoms with Crippen LogP contribution < -0.4 is 14.8 Å². The average Bonchev–Trinajstić information content (AvgIpc) is 3.60. The number of rotatable bonds is 12. The molecule has 3 atom stereocenters. The van der Waals surface area contributed by atoms with E-state index in [9.17, 15) is 18.3 Å². The summed E-state index contributed by atoms with van der Waals surface area (Å²) in [5, 5.41) is 30.9. The van der Waals surface area contributed by atoms with Crippen molar-refractivity contribution in [3.63, 3.8) is 0 Å². The molecule has 3 unspecified atom stereocenters. The number of nitriles is 1. The van der Waals surface area contributed by atoms with E-state index in [0.29, 0.717) is 30.9 Å². The third kappa shape index (κ3) is 7.37. The van der Waals surface area contributed by atoms with Crippen LogP contribution in [-0.2, 0) is 13.1 Å². The van der Waals surface area contributed by atoms with Crippen LogP contribution in [0.3, 0.4) is 0 Å². The molecule has 4 aromatic heterocycles. The highest BCUT2D eigenvalue weighted by Gasteiger charge is 2.27. The van der Waals surface area contributed by atoms with E-state index in [1.807, 2.05) is 38.6 Å². The Balaban J connectivity index is 0.00000235. The Hall–Kier alpha value is -4.77. The average molecular weight is 641 g/mol. The van der Waals surface area contributed by atoms with Crippen molar-refractivity contribution in [2.75, 3.05) is 13.2 Å².